The number of hydrogen-bond donors (Lipinski definition) is 1. The number of thiazole rings is 1. The molecule has 0 bridgehead atoms. The number of benzene rings is 2. The van der Waals surface area contributed by atoms with E-state index in [9.17, 15) is 14.4 Å². The molecular weight excluding hydrogens is 469 g/mol. The van der Waals surface area contributed by atoms with Gasteiger partial charge in [-0.1, -0.05) is 18.2 Å². The molecule has 2 aromatic heterocycles. The van der Waals surface area contributed by atoms with Gasteiger partial charge < -0.3 is 9.47 Å². The van der Waals surface area contributed by atoms with E-state index >= 15 is 0 Å². The Morgan fingerprint density at radius 2 is 2.03 bits per heavy atom. The Morgan fingerprint density at radius 3 is 2.71 bits per heavy atom. The lowest BCUT2D eigenvalue weighted by Gasteiger charge is -2.09. The first-order chi connectivity index (χ1) is 17.0. The third-order valence-electron chi connectivity index (χ3n) is 5.05. The van der Waals surface area contributed by atoms with Crippen LogP contribution in [0.4, 0.5) is 9.52 Å². The lowest BCUT2D eigenvalue weighted by atomic mass is 10.1. The van der Waals surface area contributed by atoms with Gasteiger partial charge in [-0.2, -0.15) is 10.4 Å². The van der Waals surface area contributed by atoms with Crippen LogP contribution in [0.2, 0.25) is 0 Å². The summed E-state index contributed by atoms with van der Waals surface area (Å²) in [5.74, 6) is 0.0844. The van der Waals surface area contributed by atoms with Gasteiger partial charge in [-0.3, -0.25) is 14.8 Å². The van der Waals surface area contributed by atoms with Crippen LogP contribution >= 0.6 is 11.3 Å². The number of nitrogens with one attached hydrogen (secondary N) is 1. The molecule has 0 aliphatic rings. The van der Waals surface area contributed by atoms with E-state index in [0.717, 1.165) is 0 Å². The second kappa shape index (κ2) is 10.6. The van der Waals surface area contributed by atoms with E-state index in [-0.39, 0.29) is 17.9 Å². The summed E-state index contributed by atoms with van der Waals surface area (Å²) in [7, 11) is 3.06. The number of anilines is 1. The van der Waals surface area contributed by atoms with Gasteiger partial charge in [0.1, 0.15) is 17.5 Å². The first-order valence-corrected chi connectivity index (χ1v) is 11.3. The molecule has 35 heavy (non-hydrogen) atoms. The highest BCUT2D eigenvalue weighted by Crippen LogP contribution is 2.34. The Morgan fingerprint density at radius 1 is 1.23 bits per heavy atom. The summed E-state index contributed by atoms with van der Waals surface area (Å²) in [5.41, 5.74) is 1.97. The standard InChI is InChI=1S/C25H20FN5O3S/c1-33-21-8-7-16(12-22(21)34-2)23-19(11-18(13-27)24(32)29-25-28-9-10-35-25)15-31(30-23)14-17-5-3-4-6-20(17)26/h3-12,15H,14H2,1-2H3,(H,28,29,32). The van der Waals surface area contributed by atoms with Crippen molar-refractivity contribution >= 4 is 28.5 Å². The Hall–Kier alpha value is -4.49. The first-order valence-electron chi connectivity index (χ1n) is 10.4. The monoisotopic (exact) mass is 489 g/mol. The van der Waals surface area contributed by atoms with Crippen LogP contribution in [-0.2, 0) is 11.3 Å². The van der Waals surface area contributed by atoms with Crippen molar-refractivity contribution in [2.45, 2.75) is 6.54 Å². The third kappa shape index (κ3) is 5.37. The minimum Gasteiger partial charge on any atom is -0.493 e. The molecule has 10 heteroatoms. The molecule has 8 nitrogen and oxygen atoms in total. The number of carbonyl (C=O) groups excluding carboxylic acids is 1. The van der Waals surface area contributed by atoms with Crippen molar-refractivity contribution < 1.29 is 18.7 Å². The number of nitrogens with zero attached hydrogens (tertiary/aromatic N) is 4. The van der Waals surface area contributed by atoms with E-state index in [1.54, 1.807) is 58.9 Å². The maximum atomic E-state index is 14.3. The maximum absolute atomic E-state index is 14.3. The number of hydrogen-bond acceptors (Lipinski definition) is 7. The predicted octanol–water partition coefficient (Wildman–Crippen LogP) is 4.76. The number of amides is 1. The average Bonchev–Trinajstić information content (AvgIpc) is 3.53. The van der Waals surface area contributed by atoms with Crippen molar-refractivity contribution in [1.29, 1.82) is 5.26 Å². The summed E-state index contributed by atoms with van der Waals surface area (Å²) in [6, 6.07) is 13.6. The summed E-state index contributed by atoms with van der Waals surface area (Å²) in [6.07, 6.45) is 4.66. The van der Waals surface area contributed by atoms with Crippen molar-refractivity contribution in [3.63, 3.8) is 0 Å². The van der Waals surface area contributed by atoms with Crippen molar-refractivity contribution in [2.75, 3.05) is 19.5 Å². The highest BCUT2D eigenvalue weighted by molar-refractivity contribution is 7.13. The molecule has 0 spiro atoms. The Kier molecular flexibility index (Phi) is 7.18. The summed E-state index contributed by atoms with van der Waals surface area (Å²) in [4.78, 5) is 16.7. The maximum Gasteiger partial charge on any atom is 0.268 e. The number of aromatic nitrogens is 3. The Labute approximate surface area is 204 Å². The minimum atomic E-state index is -0.595. The fourth-order valence-corrected chi connectivity index (χ4v) is 3.91. The molecule has 0 aliphatic heterocycles. The van der Waals surface area contributed by atoms with E-state index in [2.05, 4.69) is 15.4 Å². The van der Waals surface area contributed by atoms with Crippen molar-refractivity contribution in [3.8, 4) is 28.8 Å². The molecule has 2 aromatic carbocycles. The lowest BCUT2D eigenvalue weighted by molar-refractivity contribution is -0.112. The molecule has 0 fully saturated rings. The summed E-state index contributed by atoms with van der Waals surface area (Å²) in [5, 5.41) is 19.0. The number of ether oxygens (including phenoxy) is 2. The zero-order chi connectivity index (χ0) is 24.8. The number of nitriles is 1. The van der Waals surface area contributed by atoms with Crippen LogP contribution in [0.15, 0.2) is 65.8 Å². The van der Waals surface area contributed by atoms with Gasteiger partial charge in [0, 0.05) is 34.5 Å². The van der Waals surface area contributed by atoms with Gasteiger partial charge in [0.25, 0.3) is 5.91 Å². The number of rotatable bonds is 8. The van der Waals surface area contributed by atoms with Gasteiger partial charge in [0.15, 0.2) is 16.6 Å². The van der Waals surface area contributed by atoms with Gasteiger partial charge in [0.05, 0.1) is 26.5 Å². The molecule has 1 N–H and O–H groups in total. The van der Waals surface area contributed by atoms with E-state index in [1.165, 1.54) is 37.7 Å². The average molecular weight is 490 g/mol. The molecule has 0 atom stereocenters. The fraction of sp³-hybridized carbons (Fsp3) is 0.120. The van der Waals surface area contributed by atoms with Gasteiger partial charge in [-0.15, -0.1) is 11.3 Å². The van der Waals surface area contributed by atoms with E-state index in [4.69, 9.17) is 9.47 Å². The highest BCUT2D eigenvalue weighted by Gasteiger charge is 2.17. The van der Waals surface area contributed by atoms with Gasteiger partial charge >= 0.3 is 0 Å². The smallest absolute Gasteiger partial charge is 0.268 e. The quantitative estimate of drug-likeness (QED) is 0.283. The molecule has 1 amide bonds. The zero-order valence-corrected chi connectivity index (χ0v) is 19.7. The Balaban J connectivity index is 1.77. The molecule has 0 radical (unpaired) electrons. The Bertz CT molecular complexity index is 1420. The zero-order valence-electron chi connectivity index (χ0n) is 18.9. The van der Waals surface area contributed by atoms with E-state index in [1.807, 2.05) is 6.07 Å². The molecule has 0 aliphatic carbocycles. The SMILES string of the molecule is COc1ccc(-c2nn(Cc3ccccc3F)cc2C=C(C#N)C(=O)Nc2nccs2)cc1OC. The third-order valence-corrected chi connectivity index (χ3v) is 5.74. The fourth-order valence-electron chi connectivity index (χ4n) is 3.39. The molecule has 0 saturated heterocycles. The molecule has 0 unspecified atom stereocenters. The summed E-state index contributed by atoms with van der Waals surface area (Å²) >= 11 is 1.24. The van der Waals surface area contributed by atoms with Crippen molar-refractivity contribution in [3.05, 3.63) is 82.8 Å². The second-order valence-corrected chi connectivity index (χ2v) is 8.15. The summed E-state index contributed by atoms with van der Waals surface area (Å²) in [6.45, 7) is 0.161. The van der Waals surface area contributed by atoms with Crippen LogP contribution in [0.5, 0.6) is 11.5 Å². The predicted molar refractivity (Wildman–Crippen MR) is 131 cm³/mol. The normalized spacial score (nSPS) is 11.1. The second-order valence-electron chi connectivity index (χ2n) is 7.25. The molecule has 4 aromatic rings. The van der Waals surface area contributed by atoms with E-state index in [0.29, 0.717) is 39.0 Å². The van der Waals surface area contributed by atoms with Crippen LogP contribution in [-0.4, -0.2) is 34.9 Å². The van der Waals surface area contributed by atoms with Crippen LogP contribution in [0.25, 0.3) is 17.3 Å². The topological polar surface area (TPSA) is 102 Å². The number of halogens is 1. The van der Waals surface area contributed by atoms with E-state index < -0.39 is 5.91 Å². The molecule has 0 saturated carbocycles. The highest BCUT2D eigenvalue weighted by atomic mass is 32.1. The minimum absolute atomic E-state index is 0.132. The van der Waals surface area contributed by atoms with Gasteiger partial charge in [0.2, 0.25) is 0 Å². The number of carbonyl (C=O) groups is 1. The van der Waals surface area contributed by atoms with Crippen LogP contribution in [0.1, 0.15) is 11.1 Å². The van der Waals surface area contributed by atoms with Crippen LogP contribution < -0.4 is 14.8 Å². The summed E-state index contributed by atoms with van der Waals surface area (Å²) < 4.78 is 26.5. The van der Waals surface area contributed by atoms with Crippen LogP contribution in [0, 0.1) is 17.1 Å². The first kappa shape index (κ1) is 23.7. The van der Waals surface area contributed by atoms with Crippen molar-refractivity contribution in [1.82, 2.24) is 14.8 Å². The molecule has 176 valence electrons. The van der Waals surface area contributed by atoms with Gasteiger partial charge in [-0.25, -0.2) is 9.37 Å². The molecule has 4 rings (SSSR count). The lowest BCUT2D eigenvalue weighted by Crippen LogP contribution is -2.13. The molecule has 2 heterocycles. The van der Waals surface area contributed by atoms with Gasteiger partial charge in [-0.05, 0) is 30.3 Å². The van der Waals surface area contributed by atoms with Crippen molar-refractivity contribution in [2.24, 2.45) is 0 Å². The van der Waals surface area contributed by atoms with Crippen LogP contribution in [0.3, 0.4) is 0 Å². The molecular formula is C25H20FN5O3S. The number of methoxy groups -OCH3 is 2. The largest absolute Gasteiger partial charge is 0.493 e.